The second kappa shape index (κ2) is 8.00. The summed E-state index contributed by atoms with van der Waals surface area (Å²) in [6.45, 7) is 2.71. The van der Waals surface area contributed by atoms with Gasteiger partial charge in [0, 0.05) is 5.02 Å². The number of urea groups is 1. The van der Waals surface area contributed by atoms with Crippen molar-refractivity contribution >= 4 is 41.0 Å². The second-order valence-corrected chi connectivity index (χ2v) is 7.70. The summed E-state index contributed by atoms with van der Waals surface area (Å²) in [4.78, 5) is 38.5. The van der Waals surface area contributed by atoms with E-state index >= 15 is 0 Å². The fourth-order valence-corrected chi connectivity index (χ4v) is 3.73. The molecule has 0 aliphatic carbocycles. The number of rotatable bonds is 5. The number of halogens is 3. The molecule has 1 aliphatic heterocycles. The molecule has 0 bridgehead atoms. The number of benzene rings is 2. The molecule has 2 unspecified atom stereocenters. The zero-order valence-corrected chi connectivity index (χ0v) is 17.1. The minimum atomic E-state index is -1.26. The summed E-state index contributed by atoms with van der Waals surface area (Å²) in [7, 11) is 0. The van der Waals surface area contributed by atoms with E-state index in [2.05, 4.69) is 10.6 Å². The predicted octanol–water partition coefficient (Wildman–Crippen LogP) is 3.78. The molecule has 1 fully saturated rings. The van der Waals surface area contributed by atoms with Gasteiger partial charge in [-0.15, -0.1) is 0 Å². The van der Waals surface area contributed by atoms with Crippen LogP contribution in [0.1, 0.15) is 31.0 Å². The molecule has 2 atom stereocenters. The van der Waals surface area contributed by atoms with Crippen LogP contribution in [0, 0.1) is 5.82 Å². The van der Waals surface area contributed by atoms with Crippen molar-refractivity contribution in [2.24, 2.45) is 0 Å². The van der Waals surface area contributed by atoms with Crippen LogP contribution in [0.15, 0.2) is 42.5 Å². The standard InChI is InChI=1S/C20H18Cl2FN3O3/c1-11(13-8-16(23)15(22)9-14(13)21)24-17(27)10-26-18(28)20(2,25-19(26)29)12-6-4-3-5-7-12/h3-9,11H,10H2,1-2H3,(H,24,27)(H,25,29). The average Bonchev–Trinajstić information content (AvgIpc) is 2.89. The lowest BCUT2D eigenvalue weighted by Gasteiger charge is -2.22. The predicted molar refractivity (Wildman–Crippen MR) is 107 cm³/mol. The molecule has 2 aromatic carbocycles. The first-order valence-corrected chi connectivity index (χ1v) is 9.52. The van der Waals surface area contributed by atoms with Crippen molar-refractivity contribution in [1.29, 1.82) is 0 Å². The molecule has 6 nitrogen and oxygen atoms in total. The molecular formula is C20H18Cl2FN3O3. The van der Waals surface area contributed by atoms with Gasteiger partial charge in [0.15, 0.2) is 0 Å². The minimum Gasteiger partial charge on any atom is -0.348 e. The topological polar surface area (TPSA) is 78.5 Å². The average molecular weight is 438 g/mol. The van der Waals surface area contributed by atoms with Crippen LogP contribution in [0.2, 0.25) is 10.0 Å². The number of amides is 4. The minimum absolute atomic E-state index is 0.128. The molecule has 9 heteroatoms. The second-order valence-electron chi connectivity index (χ2n) is 6.89. The van der Waals surface area contributed by atoms with E-state index in [0.717, 1.165) is 11.0 Å². The van der Waals surface area contributed by atoms with Gasteiger partial charge in [0.05, 0.1) is 11.1 Å². The molecular weight excluding hydrogens is 420 g/mol. The number of nitrogens with one attached hydrogen (secondary N) is 2. The maximum Gasteiger partial charge on any atom is 0.325 e. The molecule has 2 N–H and O–H groups in total. The van der Waals surface area contributed by atoms with Crippen molar-refractivity contribution in [1.82, 2.24) is 15.5 Å². The lowest BCUT2D eigenvalue weighted by atomic mass is 9.92. The van der Waals surface area contributed by atoms with Gasteiger partial charge in [-0.25, -0.2) is 9.18 Å². The zero-order valence-electron chi connectivity index (χ0n) is 15.6. The molecule has 2 aromatic rings. The van der Waals surface area contributed by atoms with Crippen LogP contribution in [0.4, 0.5) is 9.18 Å². The maximum absolute atomic E-state index is 13.7. The molecule has 3 rings (SSSR count). The van der Waals surface area contributed by atoms with Crippen molar-refractivity contribution in [3.63, 3.8) is 0 Å². The summed E-state index contributed by atoms with van der Waals surface area (Å²) in [6.07, 6.45) is 0. The first-order valence-electron chi connectivity index (χ1n) is 8.77. The van der Waals surface area contributed by atoms with Gasteiger partial charge in [0.2, 0.25) is 5.91 Å². The van der Waals surface area contributed by atoms with Gasteiger partial charge >= 0.3 is 6.03 Å². The SMILES string of the molecule is CC(NC(=O)CN1C(=O)NC(C)(c2ccccc2)C1=O)c1cc(F)c(Cl)cc1Cl. The van der Waals surface area contributed by atoms with Crippen LogP contribution < -0.4 is 10.6 Å². The van der Waals surface area contributed by atoms with Crippen LogP contribution in [-0.2, 0) is 15.1 Å². The van der Waals surface area contributed by atoms with E-state index in [9.17, 15) is 18.8 Å². The number of carbonyl (C=O) groups is 3. The zero-order chi connectivity index (χ0) is 21.3. The highest BCUT2D eigenvalue weighted by Gasteiger charge is 2.49. The highest BCUT2D eigenvalue weighted by molar-refractivity contribution is 6.35. The summed E-state index contributed by atoms with van der Waals surface area (Å²) in [6, 6.07) is 9.81. The molecule has 1 heterocycles. The smallest absolute Gasteiger partial charge is 0.325 e. The third-order valence-electron chi connectivity index (χ3n) is 4.81. The number of imide groups is 1. The summed E-state index contributed by atoms with van der Waals surface area (Å²) >= 11 is 11.8. The Morgan fingerprint density at radius 1 is 1.21 bits per heavy atom. The Bertz CT molecular complexity index is 986. The van der Waals surface area contributed by atoms with Gasteiger partial charge in [-0.2, -0.15) is 0 Å². The van der Waals surface area contributed by atoms with Gasteiger partial charge in [-0.05, 0) is 37.1 Å². The third kappa shape index (κ3) is 4.06. The van der Waals surface area contributed by atoms with Crippen LogP contribution >= 0.6 is 23.2 Å². The Labute approximate surface area is 177 Å². The Kier molecular flexibility index (Phi) is 5.82. The quantitative estimate of drug-likeness (QED) is 0.551. The van der Waals surface area contributed by atoms with E-state index in [0.29, 0.717) is 11.1 Å². The summed E-state index contributed by atoms with van der Waals surface area (Å²) < 4.78 is 13.7. The Morgan fingerprint density at radius 2 is 1.86 bits per heavy atom. The molecule has 1 saturated heterocycles. The third-order valence-corrected chi connectivity index (χ3v) is 5.43. The fourth-order valence-electron chi connectivity index (χ4n) is 3.19. The van der Waals surface area contributed by atoms with Crippen LogP contribution in [0.25, 0.3) is 0 Å². The van der Waals surface area contributed by atoms with Gasteiger partial charge in [-0.3, -0.25) is 14.5 Å². The van der Waals surface area contributed by atoms with E-state index in [1.165, 1.54) is 6.07 Å². The van der Waals surface area contributed by atoms with Crippen LogP contribution in [0.3, 0.4) is 0 Å². The molecule has 0 radical (unpaired) electrons. The molecule has 1 aliphatic rings. The Balaban J connectivity index is 1.72. The molecule has 4 amide bonds. The Hall–Kier alpha value is -2.64. The summed E-state index contributed by atoms with van der Waals surface area (Å²) in [5.41, 5.74) is -0.321. The largest absolute Gasteiger partial charge is 0.348 e. The van der Waals surface area contributed by atoms with Gasteiger partial charge in [0.1, 0.15) is 17.9 Å². The van der Waals surface area contributed by atoms with Crippen molar-refractivity contribution in [2.75, 3.05) is 6.54 Å². The summed E-state index contributed by atoms with van der Waals surface area (Å²) in [5, 5.41) is 5.31. The van der Waals surface area contributed by atoms with Gasteiger partial charge < -0.3 is 10.6 Å². The van der Waals surface area contributed by atoms with E-state index in [-0.39, 0.29) is 10.0 Å². The number of nitrogens with zero attached hydrogens (tertiary/aromatic N) is 1. The lowest BCUT2D eigenvalue weighted by Crippen LogP contribution is -2.43. The number of carbonyl (C=O) groups excluding carboxylic acids is 3. The number of hydrogen-bond acceptors (Lipinski definition) is 3. The van der Waals surface area contributed by atoms with Crippen molar-refractivity contribution in [3.05, 3.63) is 69.5 Å². The first kappa shape index (κ1) is 21.1. The van der Waals surface area contributed by atoms with E-state index in [1.807, 2.05) is 0 Å². The molecule has 0 saturated carbocycles. The van der Waals surface area contributed by atoms with E-state index in [4.69, 9.17) is 23.2 Å². The molecule has 29 heavy (non-hydrogen) atoms. The molecule has 0 spiro atoms. The maximum atomic E-state index is 13.7. The van der Waals surface area contributed by atoms with E-state index in [1.54, 1.807) is 44.2 Å². The van der Waals surface area contributed by atoms with Crippen LogP contribution in [0.5, 0.6) is 0 Å². The Morgan fingerprint density at radius 3 is 2.52 bits per heavy atom. The normalized spacial score (nSPS) is 19.8. The summed E-state index contributed by atoms with van der Waals surface area (Å²) in [5.74, 6) is -1.79. The first-order chi connectivity index (χ1) is 13.6. The highest BCUT2D eigenvalue weighted by Crippen LogP contribution is 2.30. The lowest BCUT2D eigenvalue weighted by molar-refractivity contribution is -0.135. The number of hydrogen-bond donors (Lipinski definition) is 2. The monoisotopic (exact) mass is 437 g/mol. The highest BCUT2D eigenvalue weighted by atomic mass is 35.5. The van der Waals surface area contributed by atoms with Crippen molar-refractivity contribution < 1.29 is 18.8 Å². The van der Waals surface area contributed by atoms with Crippen molar-refractivity contribution in [2.45, 2.75) is 25.4 Å². The van der Waals surface area contributed by atoms with Crippen molar-refractivity contribution in [3.8, 4) is 0 Å². The van der Waals surface area contributed by atoms with Gasteiger partial charge in [0.25, 0.3) is 5.91 Å². The molecule has 0 aromatic heterocycles. The van der Waals surface area contributed by atoms with Gasteiger partial charge in [-0.1, -0.05) is 53.5 Å². The van der Waals surface area contributed by atoms with E-state index < -0.39 is 41.8 Å². The fraction of sp³-hybridized carbons (Fsp3) is 0.250. The molecule has 152 valence electrons. The van der Waals surface area contributed by atoms with Crippen LogP contribution in [-0.4, -0.2) is 29.3 Å².